The Morgan fingerprint density at radius 2 is 2.25 bits per heavy atom. The van der Waals surface area contributed by atoms with Crippen LogP contribution in [0.1, 0.15) is 45.9 Å². The van der Waals surface area contributed by atoms with Gasteiger partial charge in [-0.1, -0.05) is 18.9 Å². The van der Waals surface area contributed by atoms with E-state index in [-0.39, 0.29) is 23.1 Å². The monoisotopic (exact) mass is 263 g/mol. The Labute approximate surface area is 105 Å². The van der Waals surface area contributed by atoms with Crippen molar-refractivity contribution >= 4 is 24.3 Å². The van der Waals surface area contributed by atoms with Gasteiger partial charge >= 0.3 is 0 Å². The second kappa shape index (κ2) is 5.93. The van der Waals surface area contributed by atoms with Crippen LogP contribution in [-0.2, 0) is 0 Å². The fourth-order valence-electron chi connectivity index (χ4n) is 1.14. The van der Waals surface area contributed by atoms with Crippen LogP contribution < -0.4 is 4.72 Å². The standard InChI is InChI=1S/C10H18FN3S2/c1-5-8(13-15-10(2,3)4)9-6-14(16-11)7-12-9/h6-8,13H,5H2,1-4H3. The predicted octanol–water partition coefficient (Wildman–Crippen LogP) is 3.75. The molecule has 92 valence electrons. The molecule has 1 rings (SSSR count). The third kappa shape index (κ3) is 4.35. The highest BCUT2D eigenvalue weighted by Crippen LogP contribution is 2.26. The second-order valence-electron chi connectivity index (χ2n) is 4.52. The van der Waals surface area contributed by atoms with Gasteiger partial charge in [-0.3, -0.25) is 8.69 Å². The molecule has 0 aliphatic heterocycles. The molecule has 1 atom stereocenters. The van der Waals surface area contributed by atoms with E-state index in [9.17, 15) is 3.89 Å². The van der Waals surface area contributed by atoms with E-state index >= 15 is 0 Å². The maximum absolute atomic E-state index is 12.3. The van der Waals surface area contributed by atoms with Crippen LogP contribution in [0.25, 0.3) is 0 Å². The molecule has 0 saturated heterocycles. The van der Waals surface area contributed by atoms with Crippen molar-refractivity contribution in [3.05, 3.63) is 18.2 Å². The summed E-state index contributed by atoms with van der Waals surface area (Å²) in [6, 6.07) is 0.164. The van der Waals surface area contributed by atoms with Crippen molar-refractivity contribution in [1.29, 1.82) is 0 Å². The van der Waals surface area contributed by atoms with Gasteiger partial charge in [0.15, 0.2) is 12.3 Å². The number of nitrogens with zero attached hydrogens (tertiary/aromatic N) is 2. The van der Waals surface area contributed by atoms with Crippen LogP contribution in [0, 0.1) is 0 Å². The van der Waals surface area contributed by atoms with Gasteiger partial charge in [0.2, 0.25) is 0 Å². The van der Waals surface area contributed by atoms with Crippen LogP contribution in [0.15, 0.2) is 12.5 Å². The molecule has 0 aromatic carbocycles. The average Bonchev–Trinajstić information content (AvgIpc) is 2.65. The van der Waals surface area contributed by atoms with Crippen molar-refractivity contribution < 1.29 is 3.89 Å². The van der Waals surface area contributed by atoms with Crippen molar-refractivity contribution in [2.75, 3.05) is 0 Å². The number of nitrogens with one attached hydrogen (secondary N) is 1. The topological polar surface area (TPSA) is 29.9 Å². The maximum atomic E-state index is 12.3. The van der Waals surface area contributed by atoms with Crippen LogP contribution in [0.4, 0.5) is 3.89 Å². The van der Waals surface area contributed by atoms with E-state index in [1.165, 1.54) is 10.3 Å². The van der Waals surface area contributed by atoms with Gasteiger partial charge in [-0.25, -0.2) is 4.98 Å². The molecule has 0 amide bonds. The molecule has 0 saturated carbocycles. The van der Waals surface area contributed by atoms with Crippen LogP contribution in [0.2, 0.25) is 0 Å². The van der Waals surface area contributed by atoms with Gasteiger partial charge in [0.25, 0.3) is 0 Å². The molecule has 1 N–H and O–H groups in total. The second-order valence-corrected chi connectivity index (χ2v) is 6.74. The number of imidazole rings is 1. The third-order valence-corrected chi connectivity index (χ3v) is 3.31. The van der Waals surface area contributed by atoms with E-state index in [4.69, 9.17) is 0 Å². The minimum absolute atomic E-state index is 0.158. The first-order chi connectivity index (χ1) is 7.46. The molecule has 0 radical (unpaired) electrons. The smallest absolute Gasteiger partial charge is 0.170 e. The minimum atomic E-state index is 0.158. The van der Waals surface area contributed by atoms with Crippen LogP contribution >= 0.6 is 24.3 Å². The Hall–Kier alpha value is -0.200. The molecule has 6 heteroatoms. The lowest BCUT2D eigenvalue weighted by Crippen LogP contribution is -2.21. The largest absolute Gasteiger partial charge is 0.255 e. The number of aromatic nitrogens is 2. The number of hydrogen-bond donors (Lipinski definition) is 1. The van der Waals surface area contributed by atoms with E-state index in [2.05, 4.69) is 37.4 Å². The Bertz CT molecular complexity index is 322. The number of halogens is 1. The lowest BCUT2D eigenvalue weighted by atomic mass is 10.2. The molecule has 3 nitrogen and oxygen atoms in total. The van der Waals surface area contributed by atoms with Crippen LogP contribution in [-0.4, -0.2) is 13.7 Å². The Morgan fingerprint density at radius 3 is 2.69 bits per heavy atom. The highest BCUT2D eigenvalue weighted by atomic mass is 32.2. The summed E-state index contributed by atoms with van der Waals surface area (Å²) in [6.45, 7) is 8.52. The average molecular weight is 263 g/mol. The summed E-state index contributed by atoms with van der Waals surface area (Å²) in [4.78, 5) is 4.19. The van der Waals surface area contributed by atoms with Crippen molar-refractivity contribution in [3.8, 4) is 0 Å². The molecule has 1 aromatic rings. The maximum Gasteiger partial charge on any atom is 0.170 e. The summed E-state index contributed by atoms with van der Waals surface area (Å²) >= 11 is 1.84. The van der Waals surface area contributed by atoms with Gasteiger partial charge in [0.1, 0.15) is 6.33 Å². The Balaban J connectivity index is 2.60. The predicted molar refractivity (Wildman–Crippen MR) is 69.8 cm³/mol. The van der Waals surface area contributed by atoms with E-state index in [1.807, 2.05) is 0 Å². The number of hydrogen-bond acceptors (Lipinski definition) is 4. The first-order valence-corrected chi connectivity index (χ1v) is 6.71. The molecule has 0 bridgehead atoms. The molecule has 0 spiro atoms. The molecular weight excluding hydrogens is 245 g/mol. The zero-order chi connectivity index (χ0) is 12.2. The van der Waals surface area contributed by atoms with Gasteiger partial charge in [-0.15, -0.1) is 3.89 Å². The van der Waals surface area contributed by atoms with E-state index < -0.39 is 0 Å². The van der Waals surface area contributed by atoms with Gasteiger partial charge in [-0.05, 0) is 27.2 Å². The molecular formula is C10H18FN3S2. The van der Waals surface area contributed by atoms with Crippen LogP contribution in [0.3, 0.4) is 0 Å². The lowest BCUT2D eigenvalue weighted by molar-refractivity contribution is 0.627. The third-order valence-electron chi connectivity index (χ3n) is 1.93. The molecule has 0 aliphatic rings. The van der Waals surface area contributed by atoms with Crippen molar-refractivity contribution in [1.82, 2.24) is 13.7 Å². The van der Waals surface area contributed by atoms with Gasteiger partial charge in [-0.2, -0.15) is 0 Å². The zero-order valence-electron chi connectivity index (χ0n) is 10.0. The minimum Gasteiger partial charge on any atom is -0.255 e. The molecule has 1 aromatic heterocycles. The van der Waals surface area contributed by atoms with E-state index in [1.54, 1.807) is 18.1 Å². The molecule has 1 unspecified atom stereocenters. The number of rotatable bonds is 5. The van der Waals surface area contributed by atoms with Gasteiger partial charge in [0.05, 0.1) is 11.7 Å². The van der Waals surface area contributed by atoms with Crippen molar-refractivity contribution in [2.45, 2.75) is 44.9 Å². The summed E-state index contributed by atoms with van der Waals surface area (Å²) in [7, 11) is 0. The quantitative estimate of drug-likeness (QED) is 0.819. The Morgan fingerprint density at radius 1 is 1.56 bits per heavy atom. The SMILES string of the molecule is CCC(NSC(C)(C)C)c1cn(SF)cn1. The highest BCUT2D eigenvalue weighted by molar-refractivity contribution is 7.98. The Kier molecular flexibility index (Phi) is 5.14. The summed E-state index contributed by atoms with van der Waals surface area (Å²) in [5.41, 5.74) is 0.879. The van der Waals surface area contributed by atoms with Crippen molar-refractivity contribution in [3.63, 3.8) is 0 Å². The lowest BCUT2D eigenvalue weighted by Gasteiger charge is -2.22. The highest BCUT2D eigenvalue weighted by Gasteiger charge is 2.17. The van der Waals surface area contributed by atoms with Gasteiger partial charge in [0, 0.05) is 10.9 Å². The molecule has 0 aliphatic carbocycles. The van der Waals surface area contributed by atoms with Crippen LogP contribution in [0.5, 0.6) is 0 Å². The summed E-state index contributed by atoms with van der Waals surface area (Å²) in [5, 5.41) is 0. The summed E-state index contributed by atoms with van der Waals surface area (Å²) in [5.74, 6) is 0. The normalized spacial score (nSPS) is 14.1. The zero-order valence-corrected chi connectivity index (χ0v) is 11.7. The molecule has 0 fully saturated rings. The fourth-order valence-corrected chi connectivity index (χ4v) is 2.15. The van der Waals surface area contributed by atoms with E-state index in [0.717, 1.165) is 12.1 Å². The van der Waals surface area contributed by atoms with Crippen molar-refractivity contribution in [2.24, 2.45) is 0 Å². The summed E-state index contributed by atoms with van der Waals surface area (Å²) < 4.78 is 17.2. The molecule has 16 heavy (non-hydrogen) atoms. The molecule has 1 heterocycles. The first-order valence-electron chi connectivity index (χ1n) is 5.22. The fraction of sp³-hybridized carbons (Fsp3) is 0.700. The van der Waals surface area contributed by atoms with E-state index in [0.29, 0.717) is 0 Å². The first kappa shape index (κ1) is 13.9. The summed E-state index contributed by atoms with van der Waals surface area (Å²) in [6.07, 6.45) is 4.14. The van der Waals surface area contributed by atoms with Gasteiger partial charge < -0.3 is 0 Å².